The van der Waals surface area contributed by atoms with Crippen LogP contribution in [0.1, 0.15) is 30.1 Å². The lowest BCUT2D eigenvalue weighted by Crippen LogP contribution is -2.37. The lowest BCUT2D eigenvalue weighted by Gasteiger charge is -2.17. The highest BCUT2D eigenvalue weighted by molar-refractivity contribution is 9.10. The predicted molar refractivity (Wildman–Crippen MR) is 78.7 cm³/mol. The van der Waals surface area contributed by atoms with Crippen molar-refractivity contribution in [3.63, 3.8) is 0 Å². The Kier molecular flexibility index (Phi) is 6.87. The van der Waals surface area contributed by atoms with Gasteiger partial charge in [-0.3, -0.25) is 4.79 Å². The van der Waals surface area contributed by atoms with Crippen molar-refractivity contribution in [1.82, 2.24) is 5.32 Å². The number of benzene rings is 1. The summed E-state index contributed by atoms with van der Waals surface area (Å²) in [7, 11) is 3.23. The molecule has 1 unspecified atom stereocenters. The van der Waals surface area contributed by atoms with E-state index in [0.717, 1.165) is 17.3 Å². The van der Waals surface area contributed by atoms with Gasteiger partial charge in [-0.2, -0.15) is 0 Å². The van der Waals surface area contributed by atoms with E-state index in [2.05, 4.69) is 28.2 Å². The van der Waals surface area contributed by atoms with Gasteiger partial charge in [0.25, 0.3) is 5.91 Å². The number of ether oxygens (including phenoxy) is 2. The Morgan fingerprint density at radius 2 is 2.16 bits per heavy atom. The molecule has 4 nitrogen and oxygen atoms in total. The topological polar surface area (TPSA) is 47.6 Å². The molecular formula is C14H20BrNO3. The first-order chi connectivity index (χ1) is 9.12. The Morgan fingerprint density at radius 1 is 1.42 bits per heavy atom. The summed E-state index contributed by atoms with van der Waals surface area (Å²) in [5, 5.41) is 2.97. The quantitative estimate of drug-likeness (QED) is 0.836. The third-order valence-electron chi connectivity index (χ3n) is 2.75. The van der Waals surface area contributed by atoms with Crippen LogP contribution in [-0.2, 0) is 4.74 Å². The van der Waals surface area contributed by atoms with E-state index in [4.69, 9.17) is 9.47 Å². The summed E-state index contributed by atoms with van der Waals surface area (Å²) < 4.78 is 11.0. The van der Waals surface area contributed by atoms with Crippen LogP contribution < -0.4 is 10.1 Å². The molecule has 1 N–H and O–H groups in total. The molecule has 0 radical (unpaired) electrons. The Balaban J connectivity index is 2.73. The van der Waals surface area contributed by atoms with Crippen LogP contribution in [0.5, 0.6) is 5.75 Å². The first-order valence-corrected chi connectivity index (χ1v) is 7.05. The van der Waals surface area contributed by atoms with Crippen LogP contribution in [0.3, 0.4) is 0 Å². The molecule has 0 aliphatic heterocycles. The average Bonchev–Trinajstić information content (AvgIpc) is 2.39. The van der Waals surface area contributed by atoms with Crippen LogP contribution in [0.2, 0.25) is 0 Å². The van der Waals surface area contributed by atoms with Crippen LogP contribution in [0, 0.1) is 0 Å². The van der Waals surface area contributed by atoms with Crippen molar-refractivity contribution in [2.24, 2.45) is 0 Å². The third kappa shape index (κ3) is 4.84. The molecule has 19 heavy (non-hydrogen) atoms. The minimum absolute atomic E-state index is 0.0448. The number of methoxy groups -OCH3 is 2. The smallest absolute Gasteiger partial charge is 0.251 e. The van der Waals surface area contributed by atoms with Crippen molar-refractivity contribution >= 4 is 21.8 Å². The van der Waals surface area contributed by atoms with Gasteiger partial charge in [0.2, 0.25) is 0 Å². The highest BCUT2D eigenvalue weighted by Gasteiger charge is 2.14. The van der Waals surface area contributed by atoms with E-state index in [1.807, 2.05) is 0 Å². The zero-order chi connectivity index (χ0) is 14.3. The van der Waals surface area contributed by atoms with Gasteiger partial charge in [-0.05, 0) is 40.5 Å². The summed E-state index contributed by atoms with van der Waals surface area (Å²) in [6.45, 7) is 2.61. The molecule has 0 spiro atoms. The van der Waals surface area contributed by atoms with Crippen molar-refractivity contribution in [3.05, 3.63) is 28.2 Å². The van der Waals surface area contributed by atoms with Crippen LogP contribution in [0.15, 0.2) is 22.7 Å². The molecule has 0 bridgehead atoms. The van der Waals surface area contributed by atoms with E-state index in [9.17, 15) is 4.79 Å². The third-order valence-corrected chi connectivity index (χ3v) is 3.37. The Bertz CT molecular complexity index is 417. The molecule has 1 amide bonds. The van der Waals surface area contributed by atoms with Gasteiger partial charge >= 0.3 is 0 Å². The highest BCUT2D eigenvalue weighted by atomic mass is 79.9. The van der Waals surface area contributed by atoms with E-state index in [0.29, 0.717) is 17.9 Å². The second kappa shape index (κ2) is 8.17. The van der Waals surface area contributed by atoms with Gasteiger partial charge in [0.15, 0.2) is 0 Å². The molecule has 0 fully saturated rings. The molecule has 0 aliphatic rings. The van der Waals surface area contributed by atoms with Crippen molar-refractivity contribution in [2.75, 3.05) is 20.8 Å². The van der Waals surface area contributed by atoms with Gasteiger partial charge in [-0.15, -0.1) is 0 Å². The molecule has 1 atom stereocenters. The molecule has 0 heterocycles. The fourth-order valence-electron chi connectivity index (χ4n) is 1.82. The van der Waals surface area contributed by atoms with Gasteiger partial charge in [0, 0.05) is 12.7 Å². The second-order valence-electron chi connectivity index (χ2n) is 4.26. The van der Waals surface area contributed by atoms with E-state index >= 15 is 0 Å². The molecule has 5 heteroatoms. The number of carbonyl (C=O) groups is 1. The van der Waals surface area contributed by atoms with Crippen molar-refractivity contribution < 1.29 is 14.3 Å². The Hall–Kier alpha value is -1.07. The normalized spacial score (nSPS) is 12.0. The number of nitrogens with one attached hydrogen (secondary N) is 1. The largest absolute Gasteiger partial charge is 0.496 e. The number of hydrogen-bond donors (Lipinski definition) is 1. The lowest BCUT2D eigenvalue weighted by molar-refractivity contribution is 0.0891. The van der Waals surface area contributed by atoms with Crippen molar-refractivity contribution in [3.8, 4) is 5.75 Å². The number of rotatable bonds is 7. The van der Waals surface area contributed by atoms with E-state index < -0.39 is 0 Å². The highest BCUT2D eigenvalue weighted by Crippen LogP contribution is 2.25. The zero-order valence-corrected chi connectivity index (χ0v) is 13.1. The number of halogens is 1. The van der Waals surface area contributed by atoms with Gasteiger partial charge in [0.05, 0.1) is 24.2 Å². The summed E-state index contributed by atoms with van der Waals surface area (Å²) in [5.74, 6) is 0.609. The molecule has 1 rings (SSSR count). The predicted octanol–water partition coefficient (Wildman–Crippen LogP) is 3.00. The molecular weight excluding hydrogens is 310 g/mol. The maximum Gasteiger partial charge on any atom is 0.251 e. The summed E-state index contributed by atoms with van der Waals surface area (Å²) in [4.78, 5) is 12.1. The van der Waals surface area contributed by atoms with Crippen LogP contribution >= 0.6 is 15.9 Å². The van der Waals surface area contributed by atoms with Crippen LogP contribution in [0.4, 0.5) is 0 Å². The SMILES string of the molecule is CCCC(COC)NC(=O)c1ccc(OC)c(Br)c1. The molecule has 1 aromatic carbocycles. The molecule has 0 saturated heterocycles. The molecule has 106 valence electrons. The first kappa shape index (κ1) is 16.0. The summed E-state index contributed by atoms with van der Waals surface area (Å²) in [6, 6.07) is 5.31. The molecule has 0 aliphatic carbocycles. The summed E-state index contributed by atoms with van der Waals surface area (Å²) in [6.07, 6.45) is 1.90. The standard InChI is InChI=1S/C14H20BrNO3/c1-4-5-11(9-18-2)16-14(17)10-6-7-13(19-3)12(15)8-10/h6-8,11H,4-5,9H2,1-3H3,(H,16,17). The fourth-order valence-corrected chi connectivity index (χ4v) is 2.36. The van der Waals surface area contributed by atoms with Gasteiger partial charge < -0.3 is 14.8 Å². The minimum atomic E-state index is -0.0983. The Morgan fingerprint density at radius 3 is 2.68 bits per heavy atom. The zero-order valence-electron chi connectivity index (χ0n) is 11.5. The molecule has 0 aromatic heterocycles. The van der Waals surface area contributed by atoms with Crippen molar-refractivity contribution in [2.45, 2.75) is 25.8 Å². The first-order valence-electron chi connectivity index (χ1n) is 6.25. The van der Waals surface area contributed by atoms with E-state index in [1.165, 1.54) is 0 Å². The monoisotopic (exact) mass is 329 g/mol. The maximum absolute atomic E-state index is 12.1. The summed E-state index contributed by atoms with van der Waals surface area (Å²) in [5.41, 5.74) is 0.602. The number of carbonyl (C=O) groups excluding carboxylic acids is 1. The fraction of sp³-hybridized carbons (Fsp3) is 0.500. The Labute approximate surface area is 122 Å². The van der Waals surface area contributed by atoms with Gasteiger partial charge in [-0.25, -0.2) is 0 Å². The van der Waals surface area contributed by atoms with E-state index in [-0.39, 0.29) is 11.9 Å². The minimum Gasteiger partial charge on any atom is -0.496 e. The van der Waals surface area contributed by atoms with Gasteiger partial charge in [0.1, 0.15) is 5.75 Å². The van der Waals surface area contributed by atoms with Crippen molar-refractivity contribution in [1.29, 1.82) is 0 Å². The van der Waals surface area contributed by atoms with E-state index in [1.54, 1.807) is 32.4 Å². The maximum atomic E-state index is 12.1. The van der Waals surface area contributed by atoms with Crippen LogP contribution in [-0.4, -0.2) is 32.8 Å². The number of hydrogen-bond acceptors (Lipinski definition) is 3. The lowest BCUT2D eigenvalue weighted by atomic mass is 10.1. The molecule has 0 saturated carbocycles. The second-order valence-corrected chi connectivity index (χ2v) is 5.12. The molecule has 1 aromatic rings. The number of amides is 1. The average molecular weight is 330 g/mol. The van der Waals surface area contributed by atoms with Crippen LogP contribution in [0.25, 0.3) is 0 Å². The van der Waals surface area contributed by atoms with Gasteiger partial charge in [-0.1, -0.05) is 13.3 Å². The summed E-state index contributed by atoms with van der Waals surface area (Å²) >= 11 is 3.37.